The summed E-state index contributed by atoms with van der Waals surface area (Å²) in [4.78, 5) is 2.34. The summed E-state index contributed by atoms with van der Waals surface area (Å²) in [5.41, 5.74) is 1.34. The molecular weight excluding hydrogens is 264 g/mol. The van der Waals surface area contributed by atoms with Crippen molar-refractivity contribution in [3.8, 4) is 0 Å². The van der Waals surface area contributed by atoms with Crippen LogP contribution in [-0.4, -0.2) is 28.4 Å². The second kappa shape index (κ2) is 5.85. The van der Waals surface area contributed by atoms with Crippen molar-refractivity contribution in [3.63, 3.8) is 0 Å². The molecule has 1 aliphatic rings. The van der Waals surface area contributed by atoms with Crippen LogP contribution in [0, 0.1) is 5.92 Å². The van der Waals surface area contributed by atoms with Crippen molar-refractivity contribution in [1.82, 2.24) is 14.8 Å². The maximum atomic E-state index is 5.21. The first-order chi connectivity index (χ1) is 10.3. The predicted molar refractivity (Wildman–Crippen MR) is 82.1 cm³/mol. The summed E-state index contributed by atoms with van der Waals surface area (Å²) >= 11 is 0. The summed E-state index contributed by atoms with van der Waals surface area (Å²) in [6.45, 7) is 6.78. The predicted octanol–water partition coefficient (Wildman–Crippen LogP) is 2.64. The fraction of sp³-hybridized carbons (Fsp3) is 0.500. The first-order valence-corrected chi connectivity index (χ1v) is 7.48. The standard InChI is InChI=1S/C16H22N4O/c1-4-19-14(11-21-3)17-18-16(19)20-10-12(2)15(20)13-8-6-5-7-9-13/h5-9,12,15H,4,10-11H2,1-3H3. The lowest BCUT2D eigenvalue weighted by Gasteiger charge is -2.47. The van der Waals surface area contributed by atoms with E-state index in [1.54, 1.807) is 7.11 Å². The van der Waals surface area contributed by atoms with Crippen molar-refractivity contribution in [2.75, 3.05) is 18.6 Å². The smallest absolute Gasteiger partial charge is 0.227 e. The van der Waals surface area contributed by atoms with E-state index in [4.69, 9.17) is 4.74 Å². The third kappa shape index (κ3) is 2.42. The summed E-state index contributed by atoms with van der Waals surface area (Å²) in [6, 6.07) is 11.0. The number of anilines is 1. The molecule has 1 saturated heterocycles. The minimum atomic E-state index is 0.385. The van der Waals surface area contributed by atoms with Crippen molar-refractivity contribution in [2.45, 2.75) is 33.0 Å². The summed E-state index contributed by atoms with van der Waals surface area (Å²) < 4.78 is 7.35. The molecule has 21 heavy (non-hydrogen) atoms. The monoisotopic (exact) mass is 286 g/mol. The van der Waals surface area contributed by atoms with Gasteiger partial charge < -0.3 is 9.64 Å². The molecule has 0 amide bonds. The molecule has 1 aromatic carbocycles. The molecule has 0 N–H and O–H groups in total. The topological polar surface area (TPSA) is 43.2 Å². The lowest BCUT2D eigenvalue weighted by atomic mass is 9.85. The van der Waals surface area contributed by atoms with E-state index in [1.165, 1.54) is 5.56 Å². The van der Waals surface area contributed by atoms with Gasteiger partial charge in [0, 0.05) is 20.2 Å². The van der Waals surface area contributed by atoms with E-state index in [0.717, 1.165) is 24.9 Å². The van der Waals surface area contributed by atoms with Crippen LogP contribution in [0.25, 0.3) is 0 Å². The lowest BCUT2D eigenvalue weighted by Crippen LogP contribution is -2.49. The summed E-state index contributed by atoms with van der Waals surface area (Å²) in [6.07, 6.45) is 0. The van der Waals surface area contributed by atoms with E-state index in [-0.39, 0.29) is 0 Å². The van der Waals surface area contributed by atoms with Crippen molar-refractivity contribution in [1.29, 1.82) is 0 Å². The first kappa shape index (κ1) is 14.1. The maximum absolute atomic E-state index is 5.21. The zero-order valence-corrected chi connectivity index (χ0v) is 12.9. The molecule has 1 fully saturated rings. The number of hydrogen-bond acceptors (Lipinski definition) is 4. The molecule has 0 aliphatic carbocycles. The molecule has 0 radical (unpaired) electrons. The molecule has 2 heterocycles. The van der Waals surface area contributed by atoms with Crippen LogP contribution in [0.2, 0.25) is 0 Å². The van der Waals surface area contributed by atoms with Gasteiger partial charge in [0.05, 0.1) is 6.04 Å². The first-order valence-electron chi connectivity index (χ1n) is 7.48. The number of ether oxygens (including phenoxy) is 1. The highest BCUT2D eigenvalue weighted by Crippen LogP contribution is 2.41. The van der Waals surface area contributed by atoms with Gasteiger partial charge in [-0.2, -0.15) is 0 Å². The molecule has 112 valence electrons. The van der Waals surface area contributed by atoms with Gasteiger partial charge in [-0.1, -0.05) is 37.3 Å². The second-order valence-corrected chi connectivity index (χ2v) is 5.58. The lowest BCUT2D eigenvalue weighted by molar-refractivity contribution is 0.174. The van der Waals surface area contributed by atoms with Crippen LogP contribution in [0.15, 0.2) is 30.3 Å². The van der Waals surface area contributed by atoms with E-state index in [2.05, 4.69) is 63.8 Å². The number of rotatable bonds is 5. The van der Waals surface area contributed by atoms with Gasteiger partial charge in [0.1, 0.15) is 6.61 Å². The zero-order chi connectivity index (χ0) is 14.8. The summed E-state index contributed by atoms with van der Waals surface area (Å²) in [7, 11) is 1.69. The maximum Gasteiger partial charge on any atom is 0.227 e. The average molecular weight is 286 g/mol. The number of aromatic nitrogens is 3. The number of benzene rings is 1. The third-order valence-electron chi connectivity index (χ3n) is 4.15. The fourth-order valence-corrected chi connectivity index (χ4v) is 3.16. The van der Waals surface area contributed by atoms with Crippen LogP contribution >= 0.6 is 0 Å². The summed E-state index contributed by atoms with van der Waals surface area (Å²) in [5, 5.41) is 8.68. The van der Waals surface area contributed by atoms with Crippen LogP contribution < -0.4 is 4.90 Å². The van der Waals surface area contributed by atoms with Crippen LogP contribution in [0.4, 0.5) is 5.95 Å². The van der Waals surface area contributed by atoms with Crippen molar-refractivity contribution < 1.29 is 4.74 Å². The second-order valence-electron chi connectivity index (χ2n) is 5.58. The van der Waals surface area contributed by atoms with Gasteiger partial charge in [-0.15, -0.1) is 10.2 Å². The van der Waals surface area contributed by atoms with Gasteiger partial charge in [0.2, 0.25) is 5.95 Å². The van der Waals surface area contributed by atoms with E-state index in [9.17, 15) is 0 Å². The molecular formula is C16H22N4O. The highest BCUT2D eigenvalue weighted by Gasteiger charge is 2.39. The highest BCUT2D eigenvalue weighted by atomic mass is 16.5. The molecule has 5 heteroatoms. The van der Waals surface area contributed by atoms with Crippen molar-refractivity contribution in [2.24, 2.45) is 5.92 Å². The minimum Gasteiger partial charge on any atom is -0.377 e. The number of hydrogen-bond donors (Lipinski definition) is 0. The molecule has 2 atom stereocenters. The quantitative estimate of drug-likeness (QED) is 0.847. The SMILES string of the molecule is CCn1c(COC)nnc1N1CC(C)C1c1ccccc1. The normalized spacial score (nSPS) is 21.4. The van der Waals surface area contributed by atoms with Gasteiger partial charge >= 0.3 is 0 Å². The van der Waals surface area contributed by atoms with Gasteiger partial charge in [0.15, 0.2) is 5.82 Å². The Balaban J connectivity index is 1.90. The Morgan fingerprint density at radius 1 is 1.24 bits per heavy atom. The molecule has 2 unspecified atom stereocenters. The van der Waals surface area contributed by atoms with Gasteiger partial charge in [-0.05, 0) is 18.4 Å². The fourth-order valence-electron chi connectivity index (χ4n) is 3.16. The van der Waals surface area contributed by atoms with Crippen LogP contribution in [-0.2, 0) is 17.9 Å². The Morgan fingerprint density at radius 3 is 2.62 bits per heavy atom. The molecule has 1 aliphatic heterocycles. The molecule has 5 nitrogen and oxygen atoms in total. The molecule has 0 bridgehead atoms. The van der Waals surface area contributed by atoms with Crippen LogP contribution in [0.3, 0.4) is 0 Å². The molecule has 2 aromatic rings. The van der Waals surface area contributed by atoms with Crippen LogP contribution in [0.5, 0.6) is 0 Å². The van der Waals surface area contributed by atoms with Gasteiger partial charge in [0.25, 0.3) is 0 Å². The third-order valence-corrected chi connectivity index (χ3v) is 4.15. The minimum absolute atomic E-state index is 0.385. The largest absolute Gasteiger partial charge is 0.377 e. The van der Waals surface area contributed by atoms with Gasteiger partial charge in [-0.3, -0.25) is 4.57 Å². The number of methoxy groups -OCH3 is 1. The Bertz CT molecular complexity index is 596. The zero-order valence-electron chi connectivity index (χ0n) is 12.9. The highest BCUT2D eigenvalue weighted by molar-refractivity contribution is 5.43. The number of nitrogens with zero attached hydrogens (tertiary/aromatic N) is 4. The van der Waals surface area contributed by atoms with Crippen molar-refractivity contribution in [3.05, 3.63) is 41.7 Å². The van der Waals surface area contributed by atoms with Crippen LogP contribution in [0.1, 0.15) is 31.3 Å². The van der Waals surface area contributed by atoms with Crippen molar-refractivity contribution >= 4 is 5.95 Å². The molecule has 0 saturated carbocycles. The average Bonchev–Trinajstić information content (AvgIpc) is 2.88. The Kier molecular flexibility index (Phi) is 3.92. The van der Waals surface area contributed by atoms with E-state index >= 15 is 0 Å². The van der Waals surface area contributed by atoms with E-state index in [0.29, 0.717) is 18.6 Å². The van der Waals surface area contributed by atoms with E-state index < -0.39 is 0 Å². The Hall–Kier alpha value is -1.88. The Labute approximate surface area is 125 Å². The Morgan fingerprint density at radius 2 is 2.00 bits per heavy atom. The molecule has 1 aromatic heterocycles. The van der Waals surface area contributed by atoms with Gasteiger partial charge in [-0.25, -0.2) is 0 Å². The molecule has 3 rings (SSSR count). The summed E-state index contributed by atoms with van der Waals surface area (Å²) in [5.74, 6) is 2.47. The molecule has 0 spiro atoms. The van der Waals surface area contributed by atoms with E-state index in [1.807, 2.05) is 0 Å².